The van der Waals surface area contributed by atoms with Gasteiger partial charge in [-0.25, -0.2) is 4.79 Å². The van der Waals surface area contributed by atoms with Gasteiger partial charge in [-0.1, -0.05) is 0 Å². The molecule has 0 aromatic carbocycles. The third kappa shape index (κ3) is 3.64. The summed E-state index contributed by atoms with van der Waals surface area (Å²) < 4.78 is 0. The summed E-state index contributed by atoms with van der Waals surface area (Å²) >= 11 is 1.49. The highest BCUT2D eigenvalue weighted by Crippen LogP contribution is 2.24. The summed E-state index contributed by atoms with van der Waals surface area (Å²) in [5.74, 6) is -0.744. The van der Waals surface area contributed by atoms with E-state index in [2.05, 4.69) is 4.98 Å². The summed E-state index contributed by atoms with van der Waals surface area (Å²) in [6.07, 6.45) is 1.29. The molecule has 0 radical (unpaired) electrons. The van der Waals surface area contributed by atoms with Crippen LogP contribution in [0.1, 0.15) is 34.7 Å². The van der Waals surface area contributed by atoms with Crippen LogP contribution in [-0.2, 0) is 4.79 Å². The quantitative estimate of drug-likeness (QED) is 0.887. The Bertz CT molecular complexity index is 635. The molecule has 2 heterocycles. The van der Waals surface area contributed by atoms with Crippen LogP contribution >= 0.6 is 11.8 Å². The van der Waals surface area contributed by atoms with Crippen LogP contribution in [0.5, 0.6) is 0 Å². The molecule has 124 valence electrons. The lowest BCUT2D eigenvalue weighted by molar-refractivity contribution is -0.135. The van der Waals surface area contributed by atoms with Crippen molar-refractivity contribution in [1.82, 2.24) is 14.8 Å². The van der Waals surface area contributed by atoms with Crippen molar-refractivity contribution in [1.29, 1.82) is 0 Å². The predicted molar refractivity (Wildman–Crippen MR) is 86.4 cm³/mol. The van der Waals surface area contributed by atoms with Gasteiger partial charge in [-0.15, -0.1) is 11.8 Å². The molecule has 2 rings (SSSR count). The molecule has 1 atom stereocenters. The maximum absolute atomic E-state index is 12.6. The number of carboxylic acids is 1. The first-order valence-electron chi connectivity index (χ1n) is 7.17. The van der Waals surface area contributed by atoms with E-state index in [1.807, 2.05) is 13.8 Å². The molecule has 1 aliphatic heterocycles. The minimum atomic E-state index is -1.12. The topological polar surface area (TPSA) is 90.8 Å². The number of aromatic nitrogens is 1. The first-order chi connectivity index (χ1) is 10.8. The van der Waals surface area contributed by atoms with Crippen LogP contribution in [0.4, 0.5) is 0 Å². The van der Waals surface area contributed by atoms with Crippen molar-refractivity contribution in [3.63, 3.8) is 0 Å². The highest BCUT2D eigenvalue weighted by atomic mass is 32.2. The van der Waals surface area contributed by atoms with Gasteiger partial charge in [0.05, 0.1) is 11.4 Å². The molecule has 23 heavy (non-hydrogen) atoms. The van der Waals surface area contributed by atoms with Crippen molar-refractivity contribution in [3.8, 4) is 0 Å². The SMILES string of the molecule is CC(C)N(C)C(=O)C1CSCN1C(=O)c1cc(C(=O)O)ccn1. The molecule has 0 saturated carbocycles. The van der Waals surface area contributed by atoms with Gasteiger partial charge in [-0.2, -0.15) is 0 Å². The van der Waals surface area contributed by atoms with Gasteiger partial charge in [0.25, 0.3) is 5.91 Å². The Morgan fingerprint density at radius 3 is 2.74 bits per heavy atom. The Morgan fingerprint density at radius 1 is 1.43 bits per heavy atom. The zero-order valence-corrected chi connectivity index (χ0v) is 14.0. The Hall–Kier alpha value is -2.09. The molecule has 1 aromatic rings. The Morgan fingerprint density at radius 2 is 2.13 bits per heavy atom. The average molecular weight is 337 g/mol. The molecule has 1 fully saturated rings. The number of aromatic carboxylic acids is 1. The molecule has 0 spiro atoms. The van der Waals surface area contributed by atoms with Gasteiger partial charge in [-0.05, 0) is 26.0 Å². The van der Waals surface area contributed by atoms with Gasteiger partial charge in [-0.3, -0.25) is 14.6 Å². The standard InChI is InChI=1S/C15H19N3O4S/c1-9(2)17(3)14(20)12-7-23-8-18(12)13(19)11-6-10(15(21)22)4-5-16-11/h4-6,9,12H,7-8H2,1-3H3,(H,21,22). The molecular formula is C15H19N3O4S. The van der Waals surface area contributed by atoms with Crippen LogP contribution in [0.25, 0.3) is 0 Å². The fourth-order valence-electron chi connectivity index (χ4n) is 2.16. The lowest BCUT2D eigenvalue weighted by atomic mass is 10.2. The maximum Gasteiger partial charge on any atom is 0.335 e. The number of hydrogen-bond donors (Lipinski definition) is 1. The molecule has 1 saturated heterocycles. The second kappa shape index (κ2) is 6.99. The maximum atomic E-state index is 12.6. The number of pyridine rings is 1. The second-order valence-corrected chi connectivity index (χ2v) is 6.57. The molecule has 0 aliphatic carbocycles. The predicted octanol–water partition coefficient (Wildman–Crippen LogP) is 1.16. The van der Waals surface area contributed by atoms with Gasteiger partial charge < -0.3 is 14.9 Å². The summed E-state index contributed by atoms with van der Waals surface area (Å²) in [7, 11) is 1.71. The zero-order chi connectivity index (χ0) is 17.1. The van der Waals surface area contributed by atoms with E-state index in [1.165, 1.54) is 35.0 Å². The Balaban J connectivity index is 2.22. The zero-order valence-electron chi connectivity index (χ0n) is 13.2. The number of hydrogen-bond acceptors (Lipinski definition) is 5. The number of rotatable bonds is 4. The monoisotopic (exact) mass is 337 g/mol. The number of carboxylic acid groups (broad SMARTS) is 1. The highest BCUT2D eigenvalue weighted by molar-refractivity contribution is 7.99. The normalized spacial score (nSPS) is 17.4. The summed E-state index contributed by atoms with van der Waals surface area (Å²) in [6, 6.07) is 2.06. The van der Waals surface area contributed by atoms with Gasteiger partial charge >= 0.3 is 5.97 Å². The van der Waals surface area contributed by atoms with Crippen LogP contribution in [0.2, 0.25) is 0 Å². The molecule has 1 N–H and O–H groups in total. The lowest BCUT2D eigenvalue weighted by Crippen LogP contribution is -2.49. The molecule has 7 nitrogen and oxygen atoms in total. The number of likely N-dealkylation sites (N-methyl/N-ethyl adjacent to an activating group) is 1. The van der Waals surface area contributed by atoms with Crippen molar-refractivity contribution in [2.24, 2.45) is 0 Å². The fraction of sp³-hybridized carbons (Fsp3) is 0.467. The van der Waals surface area contributed by atoms with E-state index in [9.17, 15) is 14.4 Å². The first-order valence-corrected chi connectivity index (χ1v) is 8.33. The van der Waals surface area contributed by atoms with E-state index < -0.39 is 17.9 Å². The van der Waals surface area contributed by atoms with Crippen LogP contribution < -0.4 is 0 Å². The molecule has 1 aromatic heterocycles. The molecule has 0 bridgehead atoms. The van der Waals surface area contributed by atoms with E-state index in [4.69, 9.17) is 5.11 Å². The largest absolute Gasteiger partial charge is 0.478 e. The molecule has 8 heteroatoms. The summed E-state index contributed by atoms with van der Waals surface area (Å²) in [5, 5.41) is 9.01. The molecular weight excluding hydrogens is 318 g/mol. The molecule has 2 amide bonds. The van der Waals surface area contributed by atoms with Crippen molar-refractivity contribution in [3.05, 3.63) is 29.6 Å². The second-order valence-electron chi connectivity index (χ2n) is 5.57. The Labute approximate surface area is 138 Å². The smallest absolute Gasteiger partial charge is 0.335 e. The lowest BCUT2D eigenvalue weighted by Gasteiger charge is -2.29. The van der Waals surface area contributed by atoms with E-state index in [0.717, 1.165) is 0 Å². The van der Waals surface area contributed by atoms with Gasteiger partial charge in [0.15, 0.2) is 0 Å². The summed E-state index contributed by atoms with van der Waals surface area (Å²) in [6.45, 7) is 3.81. The van der Waals surface area contributed by atoms with Crippen molar-refractivity contribution >= 4 is 29.5 Å². The number of carbonyl (C=O) groups excluding carboxylic acids is 2. The van der Waals surface area contributed by atoms with Crippen molar-refractivity contribution in [2.45, 2.75) is 25.9 Å². The highest BCUT2D eigenvalue weighted by Gasteiger charge is 2.37. The number of thioether (sulfide) groups is 1. The number of carbonyl (C=O) groups is 3. The summed E-state index contributed by atoms with van der Waals surface area (Å²) in [4.78, 5) is 43.2. The van der Waals surface area contributed by atoms with Crippen molar-refractivity contribution in [2.75, 3.05) is 18.7 Å². The third-order valence-electron chi connectivity index (χ3n) is 3.78. The Kier molecular flexibility index (Phi) is 5.25. The fourth-order valence-corrected chi connectivity index (χ4v) is 3.31. The van der Waals surface area contributed by atoms with E-state index in [-0.39, 0.29) is 23.2 Å². The van der Waals surface area contributed by atoms with Gasteiger partial charge in [0.1, 0.15) is 11.7 Å². The van der Waals surface area contributed by atoms with Crippen LogP contribution in [0.3, 0.4) is 0 Å². The molecule has 1 unspecified atom stereocenters. The number of amides is 2. The third-order valence-corrected chi connectivity index (χ3v) is 4.79. The van der Waals surface area contributed by atoms with E-state index in [1.54, 1.807) is 11.9 Å². The minimum absolute atomic E-state index is 0.00243. The van der Waals surface area contributed by atoms with Crippen LogP contribution in [0, 0.1) is 0 Å². The van der Waals surface area contributed by atoms with Gasteiger partial charge in [0.2, 0.25) is 5.91 Å². The van der Waals surface area contributed by atoms with E-state index >= 15 is 0 Å². The summed E-state index contributed by atoms with van der Waals surface area (Å²) in [5.41, 5.74) is 0.0368. The first kappa shape index (κ1) is 17.3. The molecule has 1 aliphatic rings. The van der Waals surface area contributed by atoms with Crippen molar-refractivity contribution < 1.29 is 19.5 Å². The van der Waals surface area contributed by atoms with E-state index in [0.29, 0.717) is 11.6 Å². The van der Waals surface area contributed by atoms with Crippen LogP contribution in [-0.4, -0.2) is 68.4 Å². The van der Waals surface area contributed by atoms with Gasteiger partial charge in [0, 0.05) is 25.0 Å². The number of nitrogens with zero attached hydrogens (tertiary/aromatic N) is 3. The minimum Gasteiger partial charge on any atom is -0.478 e. The van der Waals surface area contributed by atoms with Crippen LogP contribution in [0.15, 0.2) is 18.3 Å². The average Bonchev–Trinajstić information content (AvgIpc) is 3.02.